The summed E-state index contributed by atoms with van der Waals surface area (Å²) in [5, 5.41) is 3.57. The average molecular weight is 217 g/mol. The molecule has 0 rings (SSSR count). The average Bonchev–Trinajstić information content (AvgIpc) is 2.09. The number of thioether (sulfide) groups is 1. The maximum Gasteiger partial charge on any atom is -0.00156 e. The second kappa shape index (κ2) is 8.60. The van der Waals surface area contributed by atoms with Gasteiger partial charge in [0.05, 0.1) is 0 Å². The molecule has 86 valence electrons. The van der Waals surface area contributed by atoms with Gasteiger partial charge in [-0.05, 0) is 49.3 Å². The smallest absolute Gasteiger partial charge is 0.00156 e. The van der Waals surface area contributed by atoms with E-state index in [4.69, 9.17) is 0 Å². The first-order valence-corrected chi connectivity index (χ1v) is 7.18. The van der Waals surface area contributed by atoms with E-state index in [1.807, 2.05) is 11.8 Å². The summed E-state index contributed by atoms with van der Waals surface area (Å²) >= 11 is 1.93. The molecular formula is C12H27NS. The van der Waals surface area contributed by atoms with Crippen LogP contribution < -0.4 is 5.32 Å². The molecule has 0 fully saturated rings. The van der Waals surface area contributed by atoms with Crippen LogP contribution in [-0.4, -0.2) is 25.1 Å². The lowest BCUT2D eigenvalue weighted by atomic mass is 9.85. The fraction of sp³-hybridized carbons (Fsp3) is 1.00. The summed E-state index contributed by atoms with van der Waals surface area (Å²) in [4.78, 5) is 0. The molecule has 2 heteroatoms. The molecule has 0 aliphatic heterocycles. The molecule has 0 radical (unpaired) electrons. The molecule has 1 nitrogen and oxygen atoms in total. The van der Waals surface area contributed by atoms with Crippen LogP contribution in [0.15, 0.2) is 0 Å². The summed E-state index contributed by atoms with van der Waals surface area (Å²) in [6, 6.07) is 0. The van der Waals surface area contributed by atoms with Crippen LogP contribution >= 0.6 is 11.8 Å². The Morgan fingerprint density at radius 2 is 1.64 bits per heavy atom. The van der Waals surface area contributed by atoms with Crippen molar-refractivity contribution in [2.75, 3.05) is 25.1 Å². The molecule has 0 amide bonds. The first kappa shape index (κ1) is 14.3. The number of nitrogens with one attached hydrogen (secondary N) is 1. The zero-order valence-electron chi connectivity index (χ0n) is 10.5. The zero-order valence-corrected chi connectivity index (χ0v) is 11.3. The summed E-state index contributed by atoms with van der Waals surface area (Å²) in [7, 11) is 0. The third-order valence-electron chi connectivity index (χ3n) is 2.79. The summed E-state index contributed by atoms with van der Waals surface area (Å²) in [5.41, 5.74) is 0. The van der Waals surface area contributed by atoms with Gasteiger partial charge >= 0.3 is 0 Å². The number of hydrogen-bond donors (Lipinski definition) is 1. The molecule has 0 atom stereocenters. The molecule has 0 heterocycles. The monoisotopic (exact) mass is 217 g/mol. The minimum absolute atomic E-state index is 0.794. The van der Waals surface area contributed by atoms with E-state index < -0.39 is 0 Å². The standard InChI is InChI=1S/C12H27NS/c1-10(2)12(11(3)4)9-13-7-6-8-14-5/h10-13H,6-9H2,1-5H3. The van der Waals surface area contributed by atoms with Gasteiger partial charge in [-0.2, -0.15) is 11.8 Å². The molecule has 0 aromatic carbocycles. The van der Waals surface area contributed by atoms with Gasteiger partial charge in [0.2, 0.25) is 0 Å². The minimum atomic E-state index is 0.794. The molecule has 14 heavy (non-hydrogen) atoms. The highest BCUT2D eigenvalue weighted by atomic mass is 32.2. The predicted octanol–water partition coefficient (Wildman–Crippen LogP) is 3.26. The van der Waals surface area contributed by atoms with E-state index in [0.717, 1.165) is 17.8 Å². The Kier molecular flexibility index (Phi) is 8.80. The normalized spacial score (nSPS) is 12.0. The maximum atomic E-state index is 3.57. The molecule has 0 bridgehead atoms. The van der Waals surface area contributed by atoms with Crippen LogP contribution in [0.5, 0.6) is 0 Å². The van der Waals surface area contributed by atoms with Gasteiger partial charge < -0.3 is 5.32 Å². The Labute approximate surface area is 94.4 Å². The Morgan fingerprint density at radius 1 is 1.07 bits per heavy atom. The largest absolute Gasteiger partial charge is 0.316 e. The Morgan fingerprint density at radius 3 is 2.07 bits per heavy atom. The van der Waals surface area contributed by atoms with Crippen molar-refractivity contribution in [1.82, 2.24) is 5.32 Å². The highest BCUT2D eigenvalue weighted by Crippen LogP contribution is 2.19. The first-order valence-electron chi connectivity index (χ1n) is 5.79. The fourth-order valence-electron chi connectivity index (χ4n) is 1.85. The van der Waals surface area contributed by atoms with Crippen LogP contribution in [0.1, 0.15) is 34.1 Å². The quantitative estimate of drug-likeness (QED) is 0.626. The molecule has 0 saturated heterocycles. The van der Waals surface area contributed by atoms with Gasteiger partial charge in [-0.3, -0.25) is 0 Å². The minimum Gasteiger partial charge on any atom is -0.316 e. The Bertz CT molecular complexity index is 115. The van der Waals surface area contributed by atoms with Crippen LogP contribution in [-0.2, 0) is 0 Å². The van der Waals surface area contributed by atoms with Crippen LogP contribution in [0.3, 0.4) is 0 Å². The first-order chi connectivity index (χ1) is 6.59. The Hall–Kier alpha value is 0.310. The Balaban J connectivity index is 3.52. The lowest BCUT2D eigenvalue weighted by molar-refractivity contribution is 0.276. The third kappa shape index (κ3) is 6.72. The summed E-state index contributed by atoms with van der Waals surface area (Å²) < 4.78 is 0. The topological polar surface area (TPSA) is 12.0 Å². The van der Waals surface area contributed by atoms with Crippen LogP contribution in [0.2, 0.25) is 0 Å². The van der Waals surface area contributed by atoms with Gasteiger partial charge in [0.15, 0.2) is 0 Å². The zero-order chi connectivity index (χ0) is 11.0. The highest BCUT2D eigenvalue weighted by Gasteiger charge is 2.16. The highest BCUT2D eigenvalue weighted by molar-refractivity contribution is 7.98. The van der Waals surface area contributed by atoms with Crippen molar-refractivity contribution in [3.05, 3.63) is 0 Å². The molecule has 0 saturated carbocycles. The van der Waals surface area contributed by atoms with E-state index >= 15 is 0 Å². The van der Waals surface area contributed by atoms with E-state index in [2.05, 4.69) is 39.3 Å². The van der Waals surface area contributed by atoms with E-state index in [9.17, 15) is 0 Å². The van der Waals surface area contributed by atoms with Crippen LogP contribution in [0.4, 0.5) is 0 Å². The van der Waals surface area contributed by atoms with Crippen molar-refractivity contribution < 1.29 is 0 Å². The van der Waals surface area contributed by atoms with E-state index in [0.29, 0.717) is 0 Å². The molecule has 1 N–H and O–H groups in total. The van der Waals surface area contributed by atoms with Gasteiger partial charge in [0.1, 0.15) is 0 Å². The molecule has 0 aliphatic rings. The van der Waals surface area contributed by atoms with Crippen molar-refractivity contribution in [1.29, 1.82) is 0 Å². The van der Waals surface area contributed by atoms with E-state index in [1.165, 1.54) is 25.3 Å². The second-order valence-electron chi connectivity index (χ2n) is 4.70. The molecule has 0 aromatic heterocycles. The van der Waals surface area contributed by atoms with Crippen molar-refractivity contribution in [2.45, 2.75) is 34.1 Å². The van der Waals surface area contributed by atoms with Crippen molar-refractivity contribution in [2.24, 2.45) is 17.8 Å². The molecule has 0 unspecified atom stereocenters. The lowest BCUT2D eigenvalue weighted by Crippen LogP contribution is -2.30. The molecule has 0 aromatic rings. The van der Waals surface area contributed by atoms with Gasteiger partial charge in [0.25, 0.3) is 0 Å². The summed E-state index contributed by atoms with van der Waals surface area (Å²) in [6.45, 7) is 11.7. The van der Waals surface area contributed by atoms with Crippen molar-refractivity contribution in [3.8, 4) is 0 Å². The molecule has 0 spiro atoms. The molecule has 0 aliphatic carbocycles. The van der Waals surface area contributed by atoms with Crippen LogP contribution in [0, 0.1) is 17.8 Å². The lowest BCUT2D eigenvalue weighted by Gasteiger charge is -2.25. The van der Waals surface area contributed by atoms with Gasteiger partial charge in [0, 0.05) is 0 Å². The van der Waals surface area contributed by atoms with Gasteiger partial charge in [-0.15, -0.1) is 0 Å². The SMILES string of the molecule is CSCCCNCC(C(C)C)C(C)C. The second-order valence-corrected chi connectivity index (χ2v) is 5.69. The predicted molar refractivity (Wildman–Crippen MR) is 69.0 cm³/mol. The maximum absolute atomic E-state index is 3.57. The van der Waals surface area contributed by atoms with Gasteiger partial charge in [-0.25, -0.2) is 0 Å². The molecular weight excluding hydrogens is 190 g/mol. The van der Waals surface area contributed by atoms with E-state index in [1.54, 1.807) is 0 Å². The summed E-state index contributed by atoms with van der Waals surface area (Å²) in [5.74, 6) is 3.69. The number of hydrogen-bond acceptors (Lipinski definition) is 2. The van der Waals surface area contributed by atoms with Crippen molar-refractivity contribution >= 4 is 11.8 Å². The van der Waals surface area contributed by atoms with Gasteiger partial charge in [-0.1, -0.05) is 27.7 Å². The number of rotatable bonds is 8. The van der Waals surface area contributed by atoms with Crippen LogP contribution in [0.25, 0.3) is 0 Å². The van der Waals surface area contributed by atoms with E-state index in [-0.39, 0.29) is 0 Å². The fourth-order valence-corrected chi connectivity index (χ4v) is 2.28. The summed E-state index contributed by atoms with van der Waals surface area (Å²) in [6.07, 6.45) is 3.47. The van der Waals surface area contributed by atoms with Crippen molar-refractivity contribution in [3.63, 3.8) is 0 Å². The third-order valence-corrected chi connectivity index (χ3v) is 3.49.